The van der Waals surface area contributed by atoms with Crippen LogP contribution in [0.2, 0.25) is 0 Å². The lowest BCUT2D eigenvalue weighted by atomic mass is 10.2. The Hall–Kier alpha value is -1.13. The summed E-state index contributed by atoms with van der Waals surface area (Å²) in [6.45, 7) is 4.61. The zero-order valence-corrected chi connectivity index (χ0v) is 10.6. The molecule has 0 aromatic carbocycles. The first-order chi connectivity index (χ1) is 7.63. The second kappa shape index (κ2) is 6.45. The molecule has 0 aliphatic rings. The molecule has 0 fully saturated rings. The quantitative estimate of drug-likeness (QED) is 0.633. The highest BCUT2D eigenvalue weighted by Gasteiger charge is 2.10. The zero-order valence-electron chi connectivity index (χ0n) is 9.82. The highest BCUT2D eigenvalue weighted by Crippen LogP contribution is 2.13. The Morgan fingerprint density at radius 1 is 1.62 bits per heavy atom. The average Bonchev–Trinajstić information content (AvgIpc) is 2.75. The minimum absolute atomic E-state index is 0.276. The number of carbonyl (C=O) groups excluding carboxylic acids is 1. The third-order valence-corrected chi connectivity index (χ3v) is 2.83. The van der Waals surface area contributed by atoms with E-state index in [1.165, 1.54) is 7.11 Å². The van der Waals surface area contributed by atoms with Gasteiger partial charge in [0.15, 0.2) is 0 Å². The highest BCUT2D eigenvalue weighted by molar-refractivity contribution is 7.10. The number of ether oxygens (including phenoxy) is 1. The summed E-state index contributed by atoms with van der Waals surface area (Å²) >= 11 is 1.60. The number of hydrogen-bond acceptors (Lipinski definition) is 4. The molecule has 1 aromatic rings. The molecule has 3 nitrogen and oxygen atoms in total. The summed E-state index contributed by atoms with van der Waals surface area (Å²) in [5, 5.41) is 5.19. The van der Waals surface area contributed by atoms with Gasteiger partial charge in [0.1, 0.15) is 0 Å². The van der Waals surface area contributed by atoms with Gasteiger partial charge >= 0.3 is 5.97 Å². The van der Waals surface area contributed by atoms with E-state index in [9.17, 15) is 4.79 Å². The fourth-order valence-corrected chi connectivity index (χ4v) is 1.85. The lowest BCUT2D eigenvalue weighted by molar-refractivity contribution is -0.136. The Bertz CT molecular complexity index is 355. The molecule has 1 N–H and O–H groups in total. The Morgan fingerprint density at radius 2 is 2.38 bits per heavy atom. The standard InChI is InChI=1S/C12H17NO2S/c1-9(2)13-8-10(12(14)15-3)7-11-5-4-6-16-11/h4-7,9,13H,8H2,1-3H3/b10-7+. The first kappa shape index (κ1) is 12.9. The van der Waals surface area contributed by atoms with Crippen LogP contribution < -0.4 is 5.32 Å². The first-order valence-electron chi connectivity index (χ1n) is 5.19. The van der Waals surface area contributed by atoms with Gasteiger partial charge in [-0.2, -0.15) is 0 Å². The van der Waals surface area contributed by atoms with Gasteiger partial charge in [0, 0.05) is 17.5 Å². The monoisotopic (exact) mass is 239 g/mol. The molecule has 1 aromatic heterocycles. The number of rotatable bonds is 5. The fraction of sp³-hybridized carbons (Fsp3) is 0.417. The SMILES string of the molecule is COC(=O)/C(=C/c1cccs1)CNC(C)C. The van der Waals surface area contributed by atoms with Crippen LogP contribution in [0, 0.1) is 0 Å². The Morgan fingerprint density at radius 3 is 2.88 bits per heavy atom. The third kappa shape index (κ3) is 4.16. The minimum Gasteiger partial charge on any atom is -0.466 e. The van der Waals surface area contributed by atoms with E-state index in [0.29, 0.717) is 18.2 Å². The van der Waals surface area contributed by atoms with Gasteiger partial charge in [0.25, 0.3) is 0 Å². The van der Waals surface area contributed by atoms with Crippen LogP contribution in [0.3, 0.4) is 0 Å². The number of carbonyl (C=O) groups is 1. The van der Waals surface area contributed by atoms with Gasteiger partial charge in [-0.25, -0.2) is 4.79 Å². The molecule has 0 amide bonds. The predicted octanol–water partition coefficient (Wildman–Crippen LogP) is 2.30. The molecule has 0 radical (unpaired) electrons. The topological polar surface area (TPSA) is 38.3 Å². The molecular weight excluding hydrogens is 222 g/mol. The van der Waals surface area contributed by atoms with Crippen molar-refractivity contribution in [3.05, 3.63) is 28.0 Å². The molecule has 0 aliphatic heterocycles. The summed E-state index contributed by atoms with van der Waals surface area (Å²) in [5.74, 6) is -0.276. The smallest absolute Gasteiger partial charge is 0.335 e. The molecule has 0 saturated heterocycles. The van der Waals surface area contributed by atoms with Crippen LogP contribution in [0.5, 0.6) is 0 Å². The molecule has 16 heavy (non-hydrogen) atoms. The van der Waals surface area contributed by atoms with Crippen LogP contribution in [-0.4, -0.2) is 25.7 Å². The number of methoxy groups -OCH3 is 1. The Labute approximate surface area is 100 Å². The van der Waals surface area contributed by atoms with Gasteiger partial charge in [-0.05, 0) is 17.5 Å². The van der Waals surface area contributed by atoms with Crippen molar-refractivity contribution >= 4 is 23.4 Å². The van der Waals surface area contributed by atoms with Crippen molar-refractivity contribution in [3.63, 3.8) is 0 Å². The van der Waals surface area contributed by atoms with E-state index in [4.69, 9.17) is 4.74 Å². The number of esters is 1. The number of nitrogens with one attached hydrogen (secondary N) is 1. The maximum Gasteiger partial charge on any atom is 0.335 e. The van der Waals surface area contributed by atoms with Gasteiger partial charge in [-0.15, -0.1) is 11.3 Å². The summed E-state index contributed by atoms with van der Waals surface area (Å²) in [5.41, 5.74) is 0.652. The molecule has 4 heteroatoms. The highest BCUT2D eigenvalue weighted by atomic mass is 32.1. The summed E-state index contributed by atoms with van der Waals surface area (Å²) < 4.78 is 4.75. The van der Waals surface area contributed by atoms with Crippen LogP contribution >= 0.6 is 11.3 Å². The van der Waals surface area contributed by atoms with Crippen LogP contribution in [0.15, 0.2) is 23.1 Å². The van der Waals surface area contributed by atoms with Gasteiger partial charge in [0.2, 0.25) is 0 Å². The van der Waals surface area contributed by atoms with Crippen molar-refractivity contribution in [1.29, 1.82) is 0 Å². The average molecular weight is 239 g/mol. The van der Waals surface area contributed by atoms with E-state index in [1.54, 1.807) is 11.3 Å². The lowest BCUT2D eigenvalue weighted by Gasteiger charge is -2.09. The second-order valence-corrected chi connectivity index (χ2v) is 4.69. The summed E-state index contributed by atoms with van der Waals surface area (Å²) in [7, 11) is 1.40. The van der Waals surface area contributed by atoms with Crippen LogP contribution in [-0.2, 0) is 9.53 Å². The molecule has 88 valence electrons. The Balaban J connectivity index is 2.75. The predicted molar refractivity (Wildman–Crippen MR) is 67.5 cm³/mol. The summed E-state index contributed by atoms with van der Waals surface area (Å²) in [6, 6.07) is 4.28. The maximum atomic E-state index is 11.5. The van der Waals surface area contributed by atoms with E-state index >= 15 is 0 Å². The largest absolute Gasteiger partial charge is 0.466 e. The van der Waals surface area contributed by atoms with Crippen molar-refractivity contribution in [2.45, 2.75) is 19.9 Å². The van der Waals surface area contributed by atoms with E-state index in [0.717, 1.165) is 4.88 Å². The van der Waals surface area contributed by atoms with Gasteiger partial charge in [-0.3, -0.25) is 0 Å². The molecule has 0 unspecified atom stereocenters. The third-order valence-electron chi connectivity index (χ3n) is 2.01. The van der Waals surface area contributed by atoms with Gasteiger partial charge in [0.05, 0.1) is 12.7 Å². The van der Waals surface area contributed by atoms with Crippen molar-refractivity contribution in [1.82, 2.24) is 5.32 Å². The van der Waals surface area contributed by atoms with Crippen LogP contribution in [0.4, 0.5) is 0 Å². The van der Waals surface area contributed by atoms with Crippen molar-refractivity contribution in [2.24, 2.45) is 0 Å². The number of hydrogen-bond donors (Lipinski definition) is 1. The summed E-state index contributed by atoms with van der Waals surface area (Å²) in [6.07, 6.45) is 1.87. The Kier molecular flexibility index (Phi) is 5.22. The molecule has 0 spiro atoms. The minimum atomic E-state index is -0.276. The van der Waals surface area contributed by atoms with E-state index in [2.05, 4.69) is 5.32 Å². The van der Waals surface area contributed by atoms with Crippen molar-refractivity contribution in [2.75, 3.05) is 13.7 Å². The molecule has 1 heterocycles. The zero-order chi connectivity index (χ0) is 12.0. The van der Waals surface area contributed by atoms with E-state index < -0.39 is 0 Å². The first-order valence-corrected chi connectivity index (χ1v) is 6.07. The second-order valence-electron chi connectivity index (χ2n) is 3.71. The maximum absolute atomic E-state index is 11.5. The fourth-order valence-electron chi connectivity index (χ4n) is 1.17. The van der Waals surface area contributed by atoms with E-state index in [1.807, 2.05) is 37.4 Å². The summed E-state index contributed by atoms with van der Waals surface area (Å²) in [4.78, 5) is 12.6. The van der Waals surface area contributed by atoms with Crippen LogP contribution in [0.1, 0.15) is 18.7 Å². The van der Waals surface area contributed by atoms with Crippen molar-refractivity contribution in [3.8, 4) is 0 Å². The van der Waals surface area contributed by atoms with Gasteiger partial charge < -0.3 is 10.1 Å². The van der Waals surface area contributed by atoms with Gasteiger partial charge in [-0.1, -0.05) is 19.9 Å². The molecule has 0 bridgehead atoms. The van der Waals surface area contributed by atoms with Crippen molar-refractivity contribution < 1.29 is 9.53 Å². The molecule has 0 saturated carbocycles. The normalized spacial score (nSPS) is 11.9. The molecular formula is C12H17NO2S. The van der Waals surface area contributed by atoms with Crippen LogP contribution in [0.25, 0.3) is 6.08 Å². The molecule has 0 aliphatic carbocycles. The lowest BCUT2D eigenvalue weighted by Crippen LogP contribution is -2.27. The molecule has 0 atom stereocenters. The molecule has 1 rings (SSSR count). The number of thiophene rings is 1. The van der Waals surface area contributed by atoms with E-state index in [-0.39, 0.29) is 5.97 Å².